The van der Waals surface area contributed by atoms with Crippen molar-refractivity contribution in [2.75, 3.05) is 26.0 Å². The van der Waals surface area contributed by atoms with Gasteiger partial charge in [-0.3, -0.25) is 4.90 Å². The molecule has 4 unspecified atom stereocenters. The fourth-order valence-electron chi connectivity index (χ4n) is 2.98. The van der Waals surface area contributed by atoms with Crippen LogP contribution in [0.2, 0.25) is 0 Å². The molecule has 2 aliphatic rings. The summed E-state index contributed by atoms with van der Waals surface area (Å²) in [5.74, 6) is 1.29. The van der Waals surface area contributed by atoms with Crippen LogP contribution >= 0.6 is 11.8 Å². The maximum Gasteiger partial charge on any atom is 0.0599 e. The van der Waals surface area contributed by atoms with Gasteiger partial charge in [-0.1, -0.05) is 6.92 Å². The van der Waals surface area contributed by atoms with Gasteiger partial charge >= 0.3 is 0 Å². The molecule has 0 aromatic rings. The second-order valence-corrected chi connectivity index (χ2v) is 6.51. The Balaban J connectivity index is 1.93. The molecule has 0 radical (unpaired) electrons. The summed E-state index contributed by atoms with van der Waals surface area (Å²) >= 11 is 2.10. The van der Waals surface area contributed by atoms with Crippen LogP contribution in [0.15, 0.2) is 0 Å². The molecule has 2 saturated heterocycles. The molecule has 0 aromatic heterocycles. The average molecular weight is 244 g/mol. The number of piperidine rings is 1. The Hall–Kier alpha value is 0.230. The van der Waals surface area contributed by atoms with E-state index < -0.39 is 0 Å². The topological polar surface area (TPSA) is 38.5 Å². The molecule has 0 aromatic carbocycles. The molecule has 4 atom stereocenters. The van der Waals surface area contributed by atoms with E-state index in [4.69, 9.17) is 10.5 Å². The van der Waals surface area contributed by atoms with Gasteiger partial charge in [0.05, 0.1) is 6.10 Å². The summed E-state index contributed by atoms with van der Waals surface area (Å²) in [7, 11) is 1.82. The highest BCUT2D eigenvalue weighted by Gasteiger charge is 2.35. The van der Waals surface area contributed by atoms with Gasteiger partial charge in [0.25, 0.3) is 0 Å². The number of rotatable bonds is 3. The summed E-state index contributed by atoms with van der Waals surface area (Å²) in [6.45, 7) is 4.28. The van der Waals surface area contributed by atoms with Gasteiger partial charge in [-0.05, 0) is 19.3 Å². The predicted octanol–water partition coefficient (Wildman–Crippen LogP) is 1.32. The van der Waals surface area contributed by atoms with E-state index in [0.717, 1.165) is 24.3 Å². The van der Waals surface area contributed by atoms with Crippen molar-refractivity contribution in [3.05, 3.63) is 0 Å². The van der Waals surface area contributed by atoms with Crippen LogP contribution in [0, 0.1) is 0 Å². The van der Waals surface area contributed by atoms with Crippen LogP contribution in [0.25, 0.3) is 0 Å². The van der Waals surface area contributed by atoms with Crippen molar-refractivity contribution in [3.8, 4) is 0 Å². The zero-order valence-corrected chi connectivity index (χ0v) is 11.2. The Bertz CT molecular complexity index is 227. The van der Waals surface area contributed by atoms with Crippen LogP contribution in [0.5, 0.6) is 0 Å². The number of likely N-dealkylation sites (tertiary alicyclic amines) is 1. The Kier molecular flexibility index (Phi) is 4.53. The number of hydrogen-bond donors (Lipinski definition) is 1. The lowest BCUT2D eigenvalue weighted by Crippen LogP contribution is -2.53. The van der Waals surface area contributed by atoms with E-state index in [1.165, 1.54) is 25.1 Å². The van der Waals surface area contributed by atoms with Crippen molar-refractivity contribution in [3.63, 3.8) is 0 Å². The highest BCUT2D eigenvalue weighted by Crippen LogP contribution is 2.33. The van der Waals surface area contributed by atoms with Gasteiger partial charge in [-0.15, -0.1) is 0 Å². The highest BCUT2D eigenvalue weighted by atomic mass is 32.2. The zero-order valence-electron chi connectivity index (χ0n) is 10.4. The van der Waals surface area contributed by atoms with Gasteiger partial charge in [-0.25, -0.2) is 0 Å². The Morgan fingerprint density at radius 3 is 2.81 bits per heavy atom. The summed E-state index contributed by atoms with van der Waals surface area (Å²) in [6.07, 6.45) is 4.04. The van der Waals surface area contributed by atoms with Gasteiger partial charge in [-0.2, -0.15) is 11.8 Å². The summed E-state index contributed by atoms with van der Waals surface area (Å²) < 4.78 is 5.47. The third-order valence-corrected chi connectivity index (χ3v) is 5.30. The van der Waals surface area contributed by atoms with Crippen molar-refractivity contribution in [1.29, 1.82) is 0 Å². The van der Waals surface area contributed by atoms with Crippen molar-refractivity contribution in [1.82, 2.24) is 4.90 Å². The second-order valence-electron chi connectivity index (χ2n) is 5.04. The smallest absolute Gasteiger partial charge is 0.0599 e. The number of ether oxygens (including phenoxy) is 1. The highest BCUT2D eigenvalue weighted by molar-refractivity contribution is 8.00. The number of nitrogens with two attached hydrogens (primary N) is 1. The quantitative estimate of drug-likeness (QED) is 0.812. The van der Waals surface area contributed by atoms with Crippen LogP contribution in [0.4, 0.5) is 0 Å². The van der Waals surface area contributed by atoms with Gasteiger partial charge in [0, 0.05) is 43.3 Å². The molecule has 0 bridgehead atoms. The largest absolute Gasteiger partial charge is 0.381 e. The second kappa shape index (κ2) is 5.71. The van der Waals surface area contributed by atoms with Crippen molar-refractivity contribution in [2.45, 2.75) is 49.6 Å². The third-order valence-electron chi connectivity index (χ3n) is 3.96. The molecule has 2 heterocycles. The van der Waals surface area contributed by atoms with E-state index >= 15 is 0 Å². The molecular formula is C12H24N2OS. The summed E-state index contributed by atoms with van der Waals surface area (Å²) in [4.78, 5) is 2.64. The number of methoxy groups -OCH3 is 1. The fourth-order valence-corrected chi connectivity index (χ4v) is 4.22. The molecule has 4 heteroatoms. The van der Waals surface area contributed by atoms with Crippen LogP contribution in [0.1, 0.15) is 26.2 Å². The van der Waals surface area contributed by atoms with Crippen molar-refractivity contribution >= 4 is 11.8 Å². The van der Waals surface area contributed by atoms with Crippen LogP contribution in [-0.2, 0) is 4.74 Å². The lowest BCUT2D eigenvalue weighted by Gasteiger charge is -2.41. The summed E-state index contributed by atoms with van der Waals surface area (Å²) in [5, 5.41) is 0.823. The summed E-state index contributed by atoms with van der Waals surface area (Å²) in [5.41, 5.74) is 5.91. The lowest BCUT2D eigenvalue weighted by molar-refractivity contribution is -0.000460. The van der Waals surface area contributed by atoms with E-state index in [1.807, 2.05) is 7.11 Å². The van der Waals surface area contributed by atoms with Crippen LogP contribution < -0.4 is 5.73 Å². The van der Waals surface area contributed by atoms with Gasteiger partial charge in [0.2, 0.25) is 0 Å². The van der Waals surface area contributed by atoms with E-state index in [0.29, 0.717) is 12.1 Å². The average Bonchev–Trinajstić information content (AvgIpc) is 2.74. The molecule has 0 amide bonds. The molecule has 2 aliphatic heterocycles. The van der Waals surface area contributed by atoms with E-state index in [9.17, 15) is 0 Å². The first kappa shape index (κ1) is 12.7. The first-order valence-corrected chi connectivity index (χ1v) is 7.39. The number of nitrogens with zero attached hydrogens (tertiary/aromatic N) is 1. The molecule has 0 spiro atoms. The minimum Gasteiger partial charge on any atom is -0.381 e. The maximum atomic E-state index is 5.91. The normalized spacial score (nSPS) is 41.4. The van der Waals surface area contributed by atoms with Gasteiger partial charge < -0.3 is 10.5 Å². The Labute approximate surface area is 103 Å². The molecule has 16 heavy (non-hydrogen) atoms. The molecule has 2 fully saturated rings. The molecular weight excluding hydrogens is 220 g/mol. The van der Waals surface area contributed by atoms with Gasteiger partial charge in [0.15, 0.2) is 0 Å². The zero-order chi connectivity index (χ0) is 11.5. The fraction of sp³-hybridized carbons (Fsp3) is 1.00. The molecule has 0 aliphatic carbocycles. The third kappa shape index (κ3) is 2.73. The minimum atomic E-state index is 0.427. The lowest BCUT2D eigenvalue weighted by atomic mass is 9.96. The molecule has 2 rings (SSSR count). The number of hydrogen-bond acceptors (Lipinski definition) is 4. The molecule has 2 N–H and O–H groups in total. The predicted molar refractivity (Wildman–Crippen MR) is 69.9 cm³/mol. The standard InChI is InChI=1S/C12H24N2OS/c1-9-5-11(8-16-9)14-4-3-12(15-2)6-10(14)7-13/h9-12H,3-8,13H2,1-2H3. The van der Waals surface area contributed by atoms with Crippen LogP contribution in [-0.4, -0.2) is 54.3 Å². The van der Waals surface area contributed by atoms with Crippen LogP contribution in [0.3, 0.4) is 0 Å². The first-order chi connectivity index (χ1) is 7.74. The van der Waals surface area contributed by atoms with E-state index in [-0.39, 0.29) is 0 Å². The SMILES string of the molecule is COC1CCN(C2CSC(C)C2)C(CN)C1. The maximum absolute atomic E-state index is 5.91. The Morgan fingerprint density at radius 2 is 2.25 bits per heavy atom. The molecule has 0 saturated carbocycles. The van der Waals surface area contributed by atoms with Gasteiger partial charge in [0.1, 0.15) is 0 Å². The van der Waals surface area contributed by atoms with E-state index in [1.54, 1.807) is 0 Å². The molecule has 3 nitrogen and oxygen atoms in total. The number of thioether (sulfide) groups is 1. The van der Waals surface area contributed by atoms with Crippen molar-refractivity contribution < 1.29 is 4.74 Å². The monoisotopic (exact) mass is 244 g/mol. The molecule has 94 valence electrons. The minimum absolute atomic E-state index is 0.427. The van der Waals surface area contributed by atoms with Crippen molar-refractivity contribution in [2.24, 2.45) is 5.73 Å². The first-order valence-electron chi connectivity index (χ1n) is 6.34. The summed E-state index contributed by atoms with van der Waals surface area (Å²) in [6, 6.07) is 1.29. The Morgan fingerprint density at radius 1 is 1.44 bits per heavy atom. The van der Waals surface area contributed by atoms with E-state index in [2.05, 4.69) is 23.6 Å².